The molecule has 1 N–H and O–H groups in total. The van der Waals surface area contributed by atoms with Crippen molar-refractivity contribution >= 4 is 10.8 Å². The minimum atomic E-state index is 0.409. The molecule has 0 saturated carbocycles. The monoisotopic (exact) mass is 330 g/mol. The topological polar surface area (TPSA) is 15.3 Å². The third-order valence-corrected chi connectivity index (χ3v) is 5.28. The third-order valence-electron chi connectivity index (χ3n) is 5.28. The Labute approximate surface area is 150 Å². The summed E-state index contributed by atoms with van der Waals surface area (Å²) in [5, 5.41) is 6.46. The highest BCUT2D eigenvalue weighted by molar-refractivity contribution is 5.82. The van der Waals surface area contributed by atoms with Crippen molar-refractivity contribution in [3.05, 3.63) is 83.9 Å². The second-order valence-electron chi connectivity index (χ2n) is 7.20. The molecule has 0 aromatic heterocycles. The first-order valence-electron chi connectivity index (χ1n) is 9.29. The molecule has 3 aromatic rings. The fourth-order valence-corrected chi connectivity index (χ4v) is 3.90. The summed E-state index contributed by atoms with van der Waals surface area (Å²) in [6.07, 6.45) is 1.23. The summed E-state index contributed by atoms with van der Waals surface area (Å²) in [5.74, 6) is 0. The zero-order chi connectivity index (χ0) is 17.1. The van der Waals surface area contributed by atoms with Gasteiger partial charge in [-0.1, -0.05) is 66.7 Å². The molecule has 0 aliphatic carbocycles. The summed E-state index contributed by atoms with van der Waals surface area (Å²) < 4.78 is 0. The first-order valence-corrected chi connectivity index (χ1v) is 9.29. The van der Waals surface area contributed by atoms with Crippen LogP contribution in [0.25, 0.3) is 10.8 Å². The summed E-state index contributed by atoms with van der Waals surface area (Å²) in [6, 6.07) is 27.2. The maximum Gasteiger partial charge on any atom is 0.0294 e. The average Bonchev–Trinajstić information content (AvgIpc) is 3.09. The number of rotatable bonds is 5. The SMILES string of the molecule is C[C@H](N[C@H]1CCN(Cc2ccc3ccccc3c2)C1)c1ccccc1. The largest absolute Gasteiger partial charge is 0.306 e. The van der Waals surface area contributed by atoms with Crippen molar-refractivity contribution in [3.63, 3.8) is 0 Å². The molecule has 1 fully saturated rings. The van der Waals surface area contributed by atoms with Gasteiger partial charge in [-0.05, 0) is 41.3 Å². The maximum atomic E-state index is 3.80. The summed E-state index contributed by atoms with van der Waals surface area (Å²) in [5.41, 5.74) is 2.78. The molecule has 1 aliphatic heterocycles. The van der Waals surface area contributed by atoms with E-state index in [4.69, 9.17) is 0 Å². The highest BCUT2D eigenvalue weighted by Gasteiger charge is 2.23. The Morgan fingerprint density at radius 3 is 2.56 bits per heavy atom. The van der Waals surface area contributed by atoms with Gasteiger partial charge in [0, 0.05) is 31.7 Å². The molecule has 0 spiro atoms. The Hall–Kier alpha value is -2.16. The van der Waals surface area contributed by atoms with E-state index in [0.29, 0.717) is 12.1 Å². The van der Waals surface area contributed by atoms with Gasteiger partial charge in [0.15, 0.2) is 0 Å². The van der Waals surface area contributed by atoms with Gasteiger partial charge >= 0.3 is 0 Å². The Kier molecular flexibility index (Phi) is 4.82. The zero-order valence-electron chi connectivity index (χ0n) is 14.9. The number of hydrogen-bond donors (Lipinski definition) is 1. The fourth-order valence-electron chi connectivity index (χ4n) is 3.90. The molecule has 1 saturated heterocycles. The van der Waals surface area contributed by atoms with Crippen LogP contribution in [0.15, 0.2) is 72.8 Å². The molecule has 0 radical (unpaired) electrons. The Morgan fingerprint density at radius 2 is 1.72 bits per heavy atom. The highest BCUT2D eigenvalue weighted by atomic mass is 15.2. The molecular formula is C23H26N2. The molecule has 3 aromatic carbocycles. The molecule has 2 heteroatoms. The quantitative estimate of drug-likeness (QED) is 0.725. The van der Waals surface area contributed by atoms with Crippen LogP contribution in [-0.2, 0) is 6.54 Å². The van der Waals surface area contributed by atoms with Crippen molar-refractivity contribution in [1.29, 1.82) is 0 Å². The van der Waals surface area contributed by atoms with E-state index in [9.17, 15) is 0 Å². The fraction of sp³-hybridized carbons (Fsp3) is 0.304. The van der Waals surface area contributed by atoms with Crippen LogP contribution in [0.2, 0.25) is 0 Å². The molecule has 128 valence electrons. The minimum absolute atomic E-state index is 0.409. The van der Waals surface area contributed by atoms with Crippen LogP contribution in [-0.4, -0.2) is 24.0 Å². The first kappa shape index (κ1) is 16.3. The Morgan fingerprint density at radius 1 is 0.960 bits per heavy atom. The maximum absolute atomic E-state index is 3.80. The van der Waals surface area contributed by atoms with Crippen molar-refractivity contribution in [2.45, 2.75) is 32.0 Å². The van der Waals surface area contributed by atoms with E-state index in [1.54, 1.807) is 0 Å². The van der Waals surface area contributed by atoms with E-state index in [1.807, 2.05) is 0 Å². The number of fused-ring (bicyclic) bond motifs is 1. The molecule has 2 atom stereocenters. The molecule has 1 aliphatic rings. The first-order chi connectivity index (χ1) is 12.3. The number of nitrogens with zero attached hydrogens (tertiary/aromatic N) is 1. The number of hydrogen-bond acceptors (Lipinski definition) is 2. The third kappa shape index (κ3) is 3.92. The zero-order valence-corrected chi connectivity index (χ0v) is 14.9. The van der Waals surface area contributed by atoms with Crippen molar-refractivity contribution in [1.82, 2.24) is 10.2 Å². The highest BCUT2D eigenvalue weighted by Crippen LogP contribution is 2.20. The predicted octanol–water partition coefficient (Wildman–Crippen LogP) is 4.76. The van der Waals surface area contributed by atoms with E-state index in [1.165, 1.54) is 34.9 Å². The van der Waals surface area contributed by atoms with Gasteiger partial charge in [0.1, 0.15) is 0 Å². The molecule has 0 unspecified atom stereocenters. The van der Waals surface area contributed by atoms with E-state index in [0.717, 1.165) is 13.1 Å². The van der Waals surface area contributed by atoms with Crippen LogP contribution in [0.5, 0.6) is 0 Å². The van der Waals surface area contributed by atoms with Gasteiger partial charge in [0.25, 0.3) is 0 Å². The standard InChI is InChI=1S/C23H26N2/c1-18(20-7-3-2-4-8-20)24-23-13-14-25(17-23)16-19-11-12-21-9-5-6-10-22(21)15-19/h2-12,15,18,23-24H,13-14,16-17H2,1H3/t18-,23-/m0/s1. The van der Waals surface area contributed by atoms with E-state index in [-0.39, 0.29) is 0 Å². The van der Waals surface area contributed by atoms with Crippen molar-refractivity contribution in [2.75, 3.05) is 13.1 Å². The van der Waals surface area contributed by atoms with Crippen LogP contribution in [0.4, 0.5) is 0 Å². The lowest BCUT2D eigenvalue weighted by Gasteiger charge is -2.21. The normalized spacial score (nSPS) is 19.3. The summed E-state index contributed by atoms with van der Waals surface area (Å²) >= 11 is 0. The molecule has 0 bridgehead atoms. The summed E-state index contributed by atoms with van der Waals surface area (Å²) in [7, 11) is 0. The molecular weight excluding hydrogens is 304 g/mol. The van der Waals surface area contributed by atoms with Crippen LogP contribution in [0.3, 0.4) is 0 Å². The lowest BCUT2D eigenvalue weighted by Crippen LogP contribution is -2.34. The molecule has 2 nitrogen and oxygen atoms in total. The molecule has 4 rings (SSSR count). The van der Waals surface area contributed by atoms with Gasteiger partial charge in [0.2, 0.25) is 0 Å². The minimum Gasteiger partial charge on any atom is -0.306 e. The predicted molar refractivity (Wildman–Crippen MR) is 106 cm³/mol. The second-order valence-corrected chi connectivity index (χ2v) is 7.20. The van der Waals surface area contributed by atoms with E-state index >= 15 is 0 Å². The summed E-state index contributed by atoms with van der Waals surface area (Å²) in [4.78, 5) is 2.57. The van der Waals surface area contributed by atoms with Gasteiger partial charge in [-0.3, -0.25) is 4.90 Å². The van der Waals surface area contributed by atoms with Gasteiger partial charge in [-0.2, -0.15) is 0 Å². The van der Waals surface area contributed by atoms with E-state index in [2.05, 4.69) is 89.9 Å². The van der Waals surface area contributed by atoms with E-state index < -0.39 is 0 Å². The molecule has 25 heavy (non-hydrogen) atoms. The number of benzene rings is 3. The van der Waals surface area contributed by atoms with Gasteiger partial charge < -0.3 is 5.32 Å². The summed E-state index contributed by atoms with van der Waals surface area (Å²) in [6.45, 7) is 5.61. The van der Waals surface area contributed by atoms with Crippen LogP contribution in [0.1, 0.15) is 30.5 Å². The van der Waals surface area contributed by atoms with Gasteiger partial charge in [-0.25, -0.2) is 0 Å². The van der Waals surface area contributed by atoms with Crippen molar-refractivity contribution in [3.8, 4) is 0 Å². The molecule has 0 amide bonds. The van der Waals surface area contributed by atoms with Gasteiger partial charge in [-0.15, -0.1) is 0 Å². The van der Waals surface area contributed by atoms with Crippen molar-refractivity contribution in [2.24, 2.45) is 0 Å². The van der Waals surface area contributed by atoms with Crippen molar-refractivity contribution < 1.29 is 0 Å². The Bertz CT molecular complexity index is 828. The lowest BCUT2D eigenvalue weighted by molar-refractivity contribution is 0.316. The second kappa shape index (κ2) is 7.38. The van der Waals surface area contributed by atoms with Crippen LogP contribution >= 0.6 is 0 Å². The Balaban J connectivity index is 1.35. The number of likely N-dealkylation sites (tertiary alicyclic amines) is 1. The smallest absolute Gasteiger partial charge is 0.0294 e. The lowest BCUT2D eigenvalue weighted by atomic mass is 10.1. The van der Waals surface area contributed by atoms with Crippen LogP contribution < -0.4 is 5.32 Å². The van der Waals surface area contributed by atoms with Crippen LogP contribution in [0, 0.1) is 0 Å². The molecule has 1 heterocycles. The number of nitrogens with one attached hydrogen (secondary N) is 1. The average molecular weight is 330 g/mol. The van der Waals surface area contributed by atoms with Gasteiger partial charge in [0.05, 0.1) is 0 Å².